The highest BCUT2D eigenvalue weighted by atomic mass is 16.7. The zero-order valence-corrected chi connectivity index (χ0v) is 10.1. The normalized spacial score (nSPS) is 16.5. The second-order valence-corrected chi connectivity index (χ2v) is 4.46. The van der Waals surface area contributed by atoms with E-state index >= 15 is 0 Å². The lowest BCUT2D eigenvalue weighted by atomic mass is 9.84. The predicted molar refractivity (Wildman–Crippen MR) is 65.3 cm³/mol. The van der Waals surface area contributed by atoms with Gasteiger partial charge in [0.25, 0.3) is 0 Å². The molecule has 1 aromatic rings. The van der Waals surface area contributed by atoms with Crippen molar-refractivity contribution in [3.05, 3.63) is 29.8 Å². The van der Waals surface area contributed by atoms with Gasteiger partial charge in [0.05, 0.1) is 7.11 Å². The van der Waals surface area contributed by atoms with Crippen LogP contribution < -0.4 is 4.74 Å². The largest absolute Gasteiger partial charge is 0.513 e. The maximum atomic E-state index is 10.9. The molecule has 1 fully saturated rings. The molecule has 1 aliphatic rings. The molecule has 1 aromatic carbocycles. The van der Waals surface area contributed by atoms with Crippen LogP contribution in [0.2, 0.25) is 0 Å². The molecule has 0 radical (unpaired) electrons. The van der Waals surface area contributed by atoms with Gasteiger partial charge in [-0.05, 0) is 36.5 Å². The van der Waals surface area contributed by atoms with E-state index in [1.165, 1.54) is 44.8 Å². The maximum absolute atomic E-state index is 10.9. The second kappa shape index (κ2) is 5.71. The van der Waals surface area contributed by atoms with E-state index in [2.05, 4.69) is 4.74 Å². The molecule has 2 rings (SSSR count). The monoisotopic (exact) mass is 234 g/mol. The van der Waals surface area contributed by atoms with E-state index < -0.39 is 6.16 Å². The number of methoxy groups -OCH3 is 1. The number of hydrogen-bond donors (Lipinski definition) is 0. The molecule has 0 amide bonds. The van der Waals surface area contributed by atoms with Gasteiger partial charge in [0, 0.05) is 0 Å². The molecular weight excluding hydrogens is 216 g/mol. The molecule has 0 bridgehead atoms. The van der Waals surface area contributed by atoms with Gasteiger partial charge in [0.2, 0.25) is 0 Å². The minimum absolute atomic E-state index is 0.538. The summed E-state index contributed by atoms with van der Waals surface area (Å²) in [6, 6.07) is 7.77. The number of rotatable bonds is 2. The SMILES string of the molecule is COC(=O)Oc1ccc(C2CCCCC2)cc1. The first-order chi connectivity index (χ1) is 8.29. The Labute approximate surface area is 102 Å². The van der Waals surface area contributed by atoms with Crippen LogP contribution in [-0.4, -0.2) is 13.3 Å². The van der Waals surface area contributed by atoms with Gasteiger partial charge in [-0.15, -0.1) is 0 Å². The lowest BCUT2D eigenvalue weighted by molar-refractivity contribution is 0.121. The summed E-state index contributed by atoms with van der Waals surface area (Å²) < 4.78 is 9.38. The molecule has 0 heterocycles. The van der Waals surface area contributed by atoms with E-state index in [0.717, 1.165) is 0 Å². The first kappa shape index (κ1) is 12.0. The molecule has 1 aliphatic carbocycles. The Morgan fingerprint density at radius 2 is 1.76 bits per heavy atom. The van der Waals surface area contributed by atoms with Crippen molar-refractivity contribution in [1.29, 1.82) is 0 Å². The van der Waals surface area contributed by atoms with Crippen molar-refractivity contribution in [3.63, 3.8) is 0 Å². The summed E-state index contributed by atoms with van der Waals surface area (Å²) in [5.41, 5.74) is 1.35. The summed E-state index contributed by atoms with van der Waals surface area (Å²) in [6.45, 7) is 0. The summed E-state index contributed by atoms with van der Waals surface area (Å²) in [5, 5.41) is 0. The third-order valence-corrected chi connectivity index (χ3v) is 3.32. The zero-order valence-electron chi connectivity index (χ0n) is 10.1. The summed E-state index contributed by atoms with van der Waals surface area (Å²) in [5.74, 6) is 1.22. The molecule has 1 saturated carbocycles. The van der Waals surface area contributed by atoms with Crippen molar-refractivity contribution in [2.45, 2.75) is 38.0 Å². The minimum Gasteiger partial charge on any atom is -0.437 e. The van der Waals surface area contributed by atoms with Crippen LogP contribution in [0.25, 0.3) is 0 Å². The fraction of sp³-hybridized carbons (Fsp3) is 0.500. The minimum atomic E-state index is -0.671. The van der Waals surface area contributed by atoms with E-state index in [0.29, 0.717) is 11.7 Å². The quantitative estimate of drug-likeness (QED) is 0.575. The molecule has 0 aliphatic heterocycles. The Bertz CT molecular complexity index is 364. The zero-order chi connectivity index (χ0) is 12.1. The number of ether oxygens (including phenoxy) is 2. The van der Waals surface area contributed by atoms with Crippen molar-refractivity contribution in [3.8, 4) is 5.75 Å². The number of benzene rings is 1. The Kier molecular flexibility index (Phi) is 4.02. The standard InChI is InChI=1S/C14H18O3/c1-16-14(15)17-13-9-7-12(8-10-13)11-5-3-2-4-6-11/h7-11H,2-6H2,1H3. The molecule has 0 aromatic heterocycles. The van der Waals surface area contributed by atoms with Crippen LogP contribution in [0.4, 0.5) is 4.79 Å². The van der Waals surface area contributed by atoms with E-state index in [-0.39, 0.29) is 0 Å². The van der Waals surface area contributed by atoms with Gasteiger partial charge in [0.1, 0.15) is 5.75 Å². The number of carbonyl (C=O) groups excluding carboxylic acids is 1. The third-order valence-electron chi connectivity index (χ3n) is 3.32. The van der Waals surface area contributed by atoms with Crippen LogP contribution >= 0.6 is 0 Å². The Balaban J connectivity index is 1.99. The highest BCUT2D eigenvalue weighted by molar-refractivity contribution is 5.63. The molecule has 3 nitrogen and oxygen atoms in total. The first-order valence-electron chi connectivity index (χ1n) is 6.15. The van der Waals surface area contributed by atoms with Crippen molar-refractivity contribution in [2.75, 3.05) is 7.11 Å². The van der Waals surface area contributed by atoms with Crippen molar-refractivity contribution < 1.29 is 14.3 Å². The Morgan fingerprint density at radius 1 is 1.12 bits per heavy atom. The van der Waals surface area contributed by atoms with Gasteiger partial charge >= 0.3 is 6.16 Å². The first-order valence-corrected chi connectivity index (χ1v) is 6.15. The fourth-order valence-corrected chi connectivity index (χ4v) is 2.38. The van der Waals surface area contributed by atoms with Crippen LogP contribution in [0.15, 0.2) is 24.3 Å². The van der Waals surface area contributed by atoms with E-state index in [1.54, 1.807) is 0 Å². The molecular formula is C14H18O3. The van der Waals surface area contributed by atoms with Crippen LogP contribution in [0.1, 0.15) is 43.6 Å². The van der Waals surface area contributed by atoms with Crippen LogP contribution in [0.5, 0.6) is 5.75 Å². The van der Waals surface area contributed by atoms with Crippen LogP contribution in [0, 0.1) is 0 Å². The highest BCUT2D eigenvalue weighted by Gasteiger charge is 2.15. The van der Waals surface area contributed by atoms with E-state index in [9.17, 15) is 4.79 Å². The molecule has 0 spiro atoms. The van der Waals surface area contributed by atoms with Gasteiger partial charge in [-0.3, -0.25) is 0 Å². The summed E-state index contributed by atoms with van der Waals surface area (Å²) in [7, 11) is 1.30. The van der Waals surface area contributed by atoms with Crippen molar-refractivity contribution in [2.24, 2.45) is 0 Å². The summed E-state index contributed by atoms with van der Waals surface area (Å²) in [4.78, 5) is 10.9. The Hall–Kier alpha value is -1.51. The fourth-order valence-electron chi connectivity index (χ4n) is 2.38. The van der Waals surface area contributed by atoms with E-state index in [4.69, 9.17) is 4.74 Å². The van der Waals surface area contributed by atoms with Gasteiger partial charge < -0.3 is 9.47 Å². The smallest absolute Gasteiger partial charge is 0.437 e. The van der Waals surface area contributed by atoms with Gasteiger partial charge in [-0.1, -0.05) is 31.4 Å². The van der Waals surface area contributed by atoms with Crippen molar-refractivity contribution in [1.82, 2.24) is 0 Å². The third kappa shape index (κ3) is 3.22. The predicted octanol–water partition coefficient (Wildman–Crippen LogP) is 3.88. The van der Waals surface area contributed by atoms with Gasteiger partial charge in [-0.25, -0.2) is 4.79 Å². The molecule has 0 atom stereocenters. The lowest BCUT2D eigenvalue weighted by Crippen LogP contribution is -2.08. The maximum Gasteiger partial charge on any atom is 0.513 e. The summed E-state index contributed by atoms with van der Waals surface area (Å²) >= 11 is 0. The van der Waals surface area contributed by atoms with Gasteiger partial charge in [-0.2, -0.15) is 0 Å². The molecule has 0 unspecified atom stereocenters. The molecule has 0 N–H and O–H groups in total. The molecule has 3 heteroatoms. The molecule has 0 saturated heterocycles. The topological polar surface area (TPSA) is 35.5 Å². The lowest BCUT2D eigenvalue weighted by Gasteiger charge is -2.21. The number of carbonyl (C=O) groups is 1. The molecule has 92 valence electrons. The summed E-state index contributed by atoms with van der Waals surface area (Å²) in [6.07, 6.45) is 5.89. The van der Waals surface area contributed by atoms with E-state index in [1.807, 2.05) is 24.3 Å². The van der Waals surface area contributed by atoms with Crippen molar-refractivity contribution >= 4 is 6.16 Å². The highest BCUT2D eigenvalue weighted by Crippen LogP contribution is 2.33. The van der Waals surface area contributed by atoms with Crippen LogP contribution in [0.3, 0.4) is 0 Å². The average Bonchev–Trinajstić information content (AvgIpc) is 2.40. The average molecular weight is 234 g/mol. The number of hydrogen-bond acceptors (Lipinski definition) is 3. The Morgan fingerprint density at radius 3 is 2.35 bits per heavy atom. The van der Waals surface area contributed by atoms with Crippen LogP contribution in [-0.2, 0) is 4.74 Å². The van der Waals surface area contributed by atoms with Gasteiger partial charge in [0.15, 0.2) is 0 Å². The second-order valence-electron chi connectivity index (χ2n) is 4.46. The molecule has 17 heavy (non-hydrogen) atoms.